The van der Waals surface area contributed by atoms with Crippen LogP contribution in [0.4, 0.5) is 11.4 Å². The molecule has 2 aliphatic heterocycles. The highest BCUT2D eigenvalue weighted by Crippen LogP contribution is 2.31. The van der Waals surface area contributed by atoms with Gasteiger partial charge in [-0.15, -0.1) is 0 Å². The molecule has 0 aliphatic carbocycles. The Kier molecular flexibility index (Phi) is 7.38. The number of ether oxygens (including phenoxy) is 2. The molecule has 0 aromatic heterocycles. The van der Waals surface area contributed by atoms with Crippen molar-refractivity contribution in [1.82, 2.24) is 10.2 Å². The third kappa shape index (κ3) is 5.51. The Morgan fingerprint density at radius 2 is 1.71 bits per heavy atom. The number of benzene rings is 1. The van der Waals surface area contributed by atoms with Gasteiger partial charge >= 0.3 is 0 Å². The zero-order valence-corrected chi connectivity index (χ0v) is 16.5. The van der Waals surface area contributed by atoms with Gasteiger partial charge in [0.25, 0.3) is 0 Å². The largest absolute Gasteiger partial charge is 0.384 e. The van der Waals surface area contributed by atoms with Gasteiger partial charge in [-0.2, -0.15) is 0 Å². The lowest BCUT2D eigenvalue weighted by molar-refractivity contribution is -0.130. The van der Waals surface area contributed by atoms with Crippen molar-refractivity contribution in [1.29, 1.82) is 0 Å². The van der Waals surface area contributed by atoms with Gasteiger partial charge in [0.15, 0.2) is 0 Å². The number of rotatable bonds is 7. The second-order valence-electron chi connectivity index (χ2n) is 7.43. The number of hydrogen-bond acceptors (Lipinski definition) is 6. The molecule has 0 spiro atoms. The minimum Gasteiger partial charge on any atom is -0.384 e. The van der Waals surface area contributed by atoms with Crippen LogP contribution in [0.1, 0.15) is 12.8 Å². The van der Waals surface area contributed by atoms with E-state index in [-0.39, 0.29) is 11.8 Å². The average molecular weight is 390 g/mol. The minimum absolute atomic E-state index is 0.0139. The van der Waals surface area contributed by atoms with Crippen LogP contribution in [-0.4, -0.2) is 76.4 Å². The molecule has 3 N–H and O–H groups in total. The van der Waals surface area contributed by atoms with Gasteiger partial charge in [0.2, 0.25) is 11.8 Å². The highest BCUT2D eigenvalue weighted by atomic mass is 16.5. The van der Waals surface area contributed by atoms with Gasteiger partial charge in [-0.05, 0) is 50.2 Å². The highest BCUT2D eigenvalue weighted by molar-refractivity contribution is 5.96. The van der Waals surface area contributed by atoms with Crippen LogP contribution < -0.4 is 16.0 Å². The van der Waals surface area contributed by atoms with Crippen molar-refractivity contribution in [3.05, 3.63) is 24.3 Å². The van der Waals surface area contributed by atoms with E-state index in [9.17, 15) is 9.59 Å². The molecule has 0 unspecified atom stereocenters. The number of nitrogens with one attached hydrogen (secondary N) is 3. The summed E-state index contributed by atoms with van der Waals surface area (Å²) >= 11 is 0. The summed E-state index contributed by atoms with van der Waals surface area (Å²) in [6, 6.07) is 7.23. The molecule has 1 aromatic carbocycles. The van der Waals surface area contributed by atoms with E-state index in [2.05, 4.69) is 20.9 Å². The molecule has 2 fully saturated rings. The van der Waals surface area contributed by atoms with E-state index in [1.165, 1.54) is 0 Å². The second kappa shape index (κ2) is 9.97. The predicted octanol–water partition coefficient (Wildman–Crippen LogP) is 0.912. The first-order valence-electron chi connectivity index (χ1n) is 9.82. The molecule has 2 heterocycles. The number of amides is 2. The van der Waals surface area contributed by atoms with Crippen LogP contribution in [0.5, 0.6) is 0 Å². The van der Waals surface area contributed by atoms with Crippen molar-refractivity contribution < 1.29 is 19.1 Å². The summed E-state index contributed by atoms with van der Waals surface area (Å²) in [4.78, 5) is 27.1. The highest BCUT2D eigenvalue weighted by Gasteiger charge is 2.39. The Morgan fingerprint density at radius 3 is 2.32 bits per heavy atom. The van der Waals surface area contributed by atoms with Crippen LogP contribution in [-0.2, 0) is 19.1 Å². The summed E-state index contributed by atoms with van der Waals surface area (Å²) in [6.45, 7) is 5.28. The quantitative estimate of drug-likeness (QED) is 0.641. The summed E-state index contributed by atoms with van der Waals surface area (Å²) in [5.74, 6) is -0.0626. The van der Waals surface area contributed by atoms with Crippen molar-refractivity contribution in [2.75, 3.05) is 70.3 Å². The fourth-order valence-electron chi connectivity index (χ4n) is 3.68. The number of carbonyl (C=O) groups excluding carboxylic acids is 2. The smallest absolute Gasteiger partial charge is 0.238 e. The number of methoxy groups -OCH3 is 1. The van der Waals surface area contributed by atoms with Crippen LogP contribution >= 0.6 is 0 Å². The molecule has 1 aromatic rings. The molecule has 0 atom stereocenters. The molecular weight excluding hydrogens is 360 g/mol. The van der Waals surface area contributed by atoms with E-state index in [1.807, 2.05) is 12.1 Å². The molecule has 8 heteroatoms. The molecule has 2 saturated heterocycles. The summed E-state index contributed by atoms with van der Waals surface area (Å²) < 4.78 is 10.6. The van der Waals surface area contributed by atoms with Gasteiger partial charge in [-0.25, -0.2) is 0 Å². The van der Waals surface area contributed by atoms with Crippen molar-refractivity contribution >= 4 is 23.2 Å². The molecule has 28 heavy (non-hydrogen) atoms. The molecule has 0 saturated carbocycles. The maximum Gasteiger partial charge on any atom is 0.238 e. The average Bonchev–Trinajstić information content (AvgIpc) is 2.71. The van der Waals surface area contributed by atoms with Crippen molar-refractivity contribution in [2.45, 2.75) is 12.8 Å². The van der Waals surface area contributed by atoms with E-state index in [4.69, 9.17) is 9.47 Å². The molecule has 2 amide bonds. The third-order valence-corrected chi connectivity index (χ3v) is 5.36. The predicted molar refractivity (Wildman–Crippen MR) is 107 cm³/mol. The fraction of sp³-hybridized carbons (Fsp3) is 0.600. The van der Waals surface area contributed by atoms with E-state index >= 15 is 0 Å². The lowest BCUT2D eigenvalue weighted by Gasteiger charge is -2.35. The summed E-state index contributed by atoms with van der Waals surface area (Å²) in [5, 5.41) is 9.19. The Bertz CT molecular complexity index is 647. The topological polar surface area (TPSA) is 91.9 Å². The summed E-state index contributed by atoms with van der Waals surface area (Å²) in [5.41, 5.74) is 0.931. The zero-order chi connectivity index (χ0) is 19.8. The lowest BCUT2D eigenvalue weighted by Crippen LogP contribution is -2.47. The summed E-state index contributed by atoms with van der Waals surface area (Å²) in [6.07, 6.45) is 1.50. The van der Waals surface area contributed by atoms with Gasteiger partial charge < -0.3 is 25.4 Å². The number of carbonyl (C=O) groups is 2. The van der Waals surface area contributed by atoms with E-state index in [1.54, 1.807) is 19.2 Å². The van der Waals surface area contributed by atoms with Gasteiger partial charge in [0.1, 0.15) is 0 Å². The number of hydrogen-bond donors (Lipinski definition) is 3. The monoisotopic (exact) mass is 390 g/mol. The molecular formula is C20H30N4O4. The first-order valence-corrected chi connectivity index (χ1v) is 9.82. The fourth-order valence-corrected chi connectivity index (χ4v) is 3.68. The maximum atomic E-state index is 12.9. The number of anilines is 2. The maximum absolute atomic E-state index is 12.9. The number of piperidine rings is 1. The zero-order valence-electron chi connectivity index (χ0n) is 16.5. The standard InChI is InChI=1S/C20H30N4O4/c1-27-15-20(6-8-21-9-7-20)19(26)23-17-4-2-16(3-5-17)22-18(25)14-24-10-12-28-13-11-24/h2-5,21H,6-15H2,1H3,(H,22,25)(H,23,26). The van der Waals surface area contributed by atoms with Crippen molar-refractivity contribution in [2.24, 2.45) is 5.41 Å². The number of nitrogens with zero attached hydrogens (tertiary/aromatic N) is 1. The SMILES string of the molecule is COCC1(C(=O)Nc2ccc(NC(=O)CN3CCOCC3)cc2)CCNCC1. The Balaban J connectivity index is 1.53. The molecule has 0 radical (unpaired) electrons. The lowest BCUT2D eigenvalue weighted by atomic mass is 9.78. The van der Waals surface area contributed by atoms with Crippen LogP contribution in [0.3, 0.4) is 0 Å². The van der Waals surface area contributed by atoms with Gasteiger partial charge in [0, 0.05) is 31.6 Å². The summed E-state index contributed by atoms with van der Waals surface area (Å²) in [7, 11) is 1.63. The molecule has 0 bridgehead atoms. The molecule has 3 rings (SSSR count). The normalized spacial score (nSPS) is 19.8. The molecule has 8 nitrogen and oxygen atoms in total. The van der Waals surface area contributed by atoms with E-state index < -0.39 is 5.41 Å². The second-order valence-corrected chi connectivity index (χ2v) is 7.43. The molecule has 2 aliphatic rings. The van der Waals surface area contributed by atoms with Crippen molar-refractivity contribution in [3.63, 3.8) is 0 Å². The molecule has 154 valence electrons. The van der Waals surface area contributed by atoms with E-state index in [0.29, 0.717) is 37.7 Å². The van der Waals surface area contributed by atoms with Gasteiger partial charge in [-0.3, -0.25) is 14.5 Å². The minimum atomic E-state index is -0.495. The first kappa shape index (κ1) is 20.7. The first-order chi connectivity index (χ1) is 13.6. The third-order valence-electron chi connectivity index (χ3n) is 5.36. The van der Waals surface area contributed by atoms with Crippen LogP contribution in [0.25, 0.3) is 0 Å². The Morgan fingerprint density at radius 1 is 1.11 bits per heavy atom. The van der Waals surface area contributed by atoms with Crippen molar-refractivity contribution in [3.8, 4) is 0 Å². The Hall–Kier alpha value is -2.00. The van der Waals surface area contributed by atoms with Crippen LogP contribution in [0.15, 0.2) is 24.3 Å². The van der Waals surface area contributed by atoms with Crippen LogP contribution in [0.2, 0.25) is 0 Å². The van der Waals surface area contributed by atoms with Crippen LogP contribution in [0, 0.1) is 5.41 Å². The van der Waals surface area contributed by atoms with Gasteiger partial charge in [-0.1, -0.05) is 0 Å². The van der Waals surface area contributed by atoms with Gasteiger partial charge in [0.05, 0.1) is 31.8 Å². The Labute approximate surface area is 165 Å². The number of morpholine rings is 1. The van der Waals surface area contributed by atoms with E-state index in [0.717, 1.165) is 39.0 Å².